The Bertz CT molecular complexity index is 477. The summed E-state index contributed by atoms with van der Waals surface area (Å²) in [5.41, 5.74) is 6.67. The lowest BCUT2D eigenvalue weighted by molar-refractivity contribution is -0.116. The van der Waals surface area contributed by atoms with Gasteiger partial charge in [-0.05, 0) is 43.4 Å². The molecule has 0 aliphatic carbocycles. The third kappa shape index (κ3) is 5.02. The molecule has 108 valence electrons. The molecule has 4 heteroatoms. The highest BCUT2D eigenvalue weighted by Gasteiger charge is 2.15. The van der Waals surface area contributed by atoms with Gasteiger partial charge in [0, 0.05) is 6.42 Å². The Morgan fingerprint density at radius 1 is 1.35 bits per heavy atom. The van der Waals surface area contributed by atoms with Crippen molar-refractivity contribution in [3.8, 4) is 6.07 Å². The van der Waals surface area contributed by atoms with E-state index in [2.05, 4.69) is 25.2 Å². The molecule has 0 spiro atoms. The van der Waals surface area contributed by atoms with Crippen LogP contribution in [0.2, 0.25) is 0 Å². The van der Waals surface area contributed by atoms with Crippen molar-refractivity contribution in [2.75, 3.05) is 11.9 Å². The average molecular weight is 273 g/mol. The van der Waals surface area contributed by atoms with Gasteiger partial charge >= 0.3 is 0 Å². The number of carbonyl (C=O) groups is 1. The summed E-state index contributed by atoms with van der Waals surface area (Å²) < 4.78 is 0. The number of nitrogens with two attached hydrogens (primary N) is 1. The Labute approximate surface area is 121 Å². The molecule has 1 atom stereocenters. The van der Waals surface area contributed by atoms with Gasteiger partial charge in [-0.2, -0.15) is 5.26 Å². The lowest BCUT2D eigenvalue weighted by Gasteiger charge is -2.19. The van der Waals surface area contributed by atoms with Gasteiger partial charge in [-0.25, -0.2) is 0 Å². The van der Waals surface area contributed by atoms with Crippen molar-refractivity contribution in [2.45, 2.75) is 33.1 Å². The summed E-state index contributed by atoms with van der Waals surface area (Å²) in [6.45, 7) is 4.97. The zero-order valence-corrected chi connectivity index (χ0v) is 12.2. The number of amides is 1. The molecule has 4 nitrogen and oxygen atoms in total. The minimum atomic E-state index is -0.0460. The van der Waals surface area contributed by atoms with E-state index in [0.717, 1.165) is 12.8 Å². The van der Waals surface area contributed by atoms with E-state index in [4.69, 9.17) is 11.0 Å². The number of para-hydroxylation sites is 1. The van der Waals surface area contributed by atoms with Crippen LogP contribution in [0.1, 0.15) is 38.7 Å². The number of nitrogens with one attached hydrogen (secondary N) is 1. The van der Waals surface area contributed by atoms with Gasteiger partial charge < -0.3 is 11.1 Å². The standard InChI is InChI=1S/C16H23N3O/c1-12(2)13(9-10-17)7-8-16(20)19-15-6-4-3-5-14(15)11-18/h3-6,12-13H,7-10,17H2,1-2H3,(H,19,20). The second-order valence-corrected chi connectivity index (χ2v) is 5.33. The number of nitriles is 1. The summed E-state index contributed by atoms with van der Waals surface area (Å²) in [6, 6.07) is 9.10. The predicted molar refractivity (Wildman–Crippen MR) is 81.0 cm³/mol. The van der Waals surface area contributed by atoms with Gasteiger partial charge in [-0.15, -0.1) is 0 Å². The van der Waals surface area contributed by atoms with E-state index in [1.165, 1.54) is 0 Å². The van der Waals surface area contributed by atoms with Gasteiger partial charge in [0.15, 0.2) is 0 Å². The van der Waals surface area contributed by atoms with E-state index in [-0.39, 0.29) is 5.91 Å². The van der Waals surface area contributed by atoms with Crippen LogP contribution in [0.3, 0.4) is 0 Å². The van der Waals surface area contributed by atoms with Crippen molar-refractivity contribution in [1.82, 2.24) is 0 Å². The molecule has 0 fully saturated rings. The van der Waals surface area contributed by atoms with Crippen molar-refractivity contribution in [3.63, 3.8) is 0 Å². The third-order valence-corrected chi connectivity index (χ3v) is 3.54. The van der Waals surface area contributed by atoms with Crippen molar-refractivity contribution < 1.29 is 4.79 Å². The van der Waals surface area contributed by atoms with E-state index in [9.17, 15) is 4.79 Å². The number of rotatable bonds is 7. The Morgan fingerprint density at radius 2 is 2.05 bits per heavy atom. The first-order chi connectivity index (χ1) is 9.58. The maximum Gasteiger partial charge on any atom is 0.224 e. The lowest BCUT2D eigenvalue weighted by Crippen LogP contribution is -2.18. The van der Waals surface area contributed by atoms with Crippen LogP contribution < -0.4 is 11.1 Å². The van der Waals surface area contributed by atoms with Crippen molar-refractivity contribution in [3.05, 3.63) is 29.8 Å². The molecule has 0 saturated heterocycles. The van der Waals surface area contributed by atoms with Crippen LogP contribution in [-0.4, -0.2) is 12.5 Å². The first-order valence-electron chi connectivity index (χ1n) is 7.07. The quantitative estimate of drug-likeness (QED) is 0.801. The van der Waals surface area contributed by atoms with Crippen molar-refractivity contribution in [1.29, 1.82) is 5.26 Å². The number of anilines is 1. The van der Waals surface area contributed by atoms with E-state index in [1.807, 2.05) is 6.07 Å². The summed E-state index contributed by atoms with van der Waals surface area (Å²) in [5.74, 6) is 0.949. The fourth-order valence-corrected chi connectivity index (χ4v) is 2.24. The Morgan fingerprint density at radius 3 is 2.65 bits per heavy atom. The molecule has 0 saturated carbocycles. The number of carbonyl (C=O) groups excluding carboxylic acids is 1. The topological polar surface area (TPSA) is 78.9 Å². The van der Waals surface area contributed by atoms with Crippen molar-refractivity contribution in [2.24, 2.45) is 17.6 Å². The van der Waals surface area contributed by atoms with Crippen LogP contribution >= 0.6 is 0 Å². The number of nitrogens with zero attached hydrogens (tertiary/aromatic N) is 1. The van der Waals surface area contributed by atoms with Gasteiger partial charge in [0.1, 0.15) is 6.07 Å². The van der Waals surface area contributed by atoms with E-state index >= 15 is 0 Å². The molecular weight excluding hydrogens is 250 g/mol. The highest BCUT2D eigenvalue weighted by Crippen LogP contribution is 2.21. The monoisotopic (exact) mass is 273 g/mol. The van der Waals surface area contributed by atoms with Gasteiger partial charge in [0.25, 0.3) is 0 Å². The Kier molecular flexibility index (Phi) is 6.75. The molecule has 0 aliphatic heterocycles. The van der Waals surface area contributed by atoms with Crippen LogP contribution in [0.25, 0.3) is 0 Å². The molecule has 1 amide bonds. The normalized spacial score (nSPS) is 11.9. The summed E-state index contributed by atoms with van der Waals surface area (Å²) >= 11 is 0. The van der Waals surface area contributed by atoms with Gasteiger partial charge in [-0.3, -0.25) is 4.79 Å². The molecule has 3 N–H and O–H groups in total. The first kappa shape index (κ1) is 16.2. The van der Waals surface area contributed by atoms with Crippen molar-refractivity contribution >= 4 is 11.6 Å². The molecule has 0 aliphatic rings. The predicted octanol–water partition coefficient (Wildman–Crippen LogP) is 2.90. The summed E-state index contributed by atoms with van der Waals surface area (Å²) in [4.78, 5) is 12.0. The molecule has 0 radical (unpaired) electrons. The van der Waals surface area contributed by atoms with Gasteiger partial charge in [0.2, 0.25) is 5.91 Å². The maximum absolute atomic E-state index is 12.0. The molecular formula is C16H23N3O. The fraction of sp³-hybridized carbons (Fsp3) is 0.500. The molecule has 1 aromatic rings. The van der Waals surface area contributed by atoms with Crippen LogP contribution in [0.5, 0.6) is 0 Å². The largest absolute Gasteiger partial charge is 0.330 e. The zero-order valence-electron chi connectivity index (χ0n) is 12.2. The molecule has 0 aromatic heterocycles. The second-order valence-electron chi connectivity index (χ2n) is 5.33. The Hall–Kier alpha value is -1.86. The van der Waals surface area contributed by atoms with Crippen LogP contribution in [-0.2, 0) is 4.79 Å². The van der Waals surface area contributed by atoms with Crippen LogP contribution in [0, 0.1) is 23.2 Å². The molecule has 1 rings (SSSR count). The average Bonchev–Trinajstić information content (AvgIpc) is 2.43. The number of hydrogen-bond donors (Lipinski definition) is 2. The SMILES string of the molecule is CC(C)C(CCN)CCC(=O)Nc1ccccc1C#N. The molecule has 1 aromatic carbocycles. The zero-order chi connectivity index (χ0) is 15.0. The lowest BCUT2D eigenvalue weighted by atomic mass is 9.88. The number of hydrogen-bond acceptors (Lipinski definition) is 3. The minimum Gasteiger partial charge on any atom is -0.330 e. The smallest absolute Gasteiger partial charge is 0.224 e. The highest BCUT2D eigenvalue weighted by atomic mass is 16.1. The van der Waals surface area contributed by atoms with Crippen LogP contribution in [0.4, 0.5) is 5.69 Å². The highest BCUT2D eigenvalue weighted by molar-refractivity contribution is 5.92. The van der Waals surface area contributed by atoms with E-state index < -0.39 is 0 Å². The van der Waals surface area contributed by atoms with E-state index in [0.29, 0.717) is 36.1 Å². The second kappa shape index (κ2) is 8.34. The summed E-state index contributed by atoms with van der Waals surface area (Å²) in [7, 11) is 0. The van der Waals surface area contributed by atoms with Gasteiger partial charge in [0.05, 0.1) is 11.3 Å². The minimum absolute atomic E-state index is 0.0460. The van der Waals surface area contributed by atoms with E-state index in [1.54, 1.807) is 18.2 Å². The molecule has 0 bridgehead atoms. The fourth-order valence-electron chi connectivity index (χ4n) is 2.24. The number of benzene rings is 1. The first-order valence-corrected chi connectivity index (χ1v) is 7.07. The van der Waals surface area contributed by atoms with Gasteiger partial charge in [-0.1, -0.05) is 26.0 Å². The Balaban J connectivity index is 2.53. The third-order valence-electron chi connectivity index (χ3n) is 3.54. The molecule has 0 heterocycles. The maximum atomic E-state index is 12.0. The summed E-state index contributed by atoms with van der Waals surface area (Å²) in [5, 5.41) is 11.8. The summed E-state index contributed by atoms with van der Waals surface area (Å²) in [6.07, 6.45) is 2.23. The van der Waals surface area contributed by atoms with Crippen LogP contribution in [0.15, 0.2) is 24.3 Å². The molecule has 1 unspecified atom stereocenters. The molecule has 20 heavy (non-hydrogen) atoms.